The number of hydrogen-bond donors (Lipinski definition) is 1. The normalized spacial score (nSPS) is 15.1. The number of anilines is 1. The highest BCUT2D eigenvalue weighted by Crippen LogP contribution is 2.22. The Labute approximate surface area is 180 Å². The molecule has 0 aliphatic carbocycles. The summed E-state index contributed by atoms with van der Waals surface area (Å²) in [6, 6.07) is 15.6. The summed E-state index contributed by atoms with van der Waals surface area (Å²) in [6.07, 6.45) is 1.52. The Balaban J connectivity index is 1.42. The molecule has 1 aliphatic rings. The number of nitrogens with one attached hydrogen (secondary N) is 1. The summed E-state index contributed by atoms with van der Waals surface area (Å²) in [5.41, 5.74) is 1.12. The minimum atomic E-state index is -3.74. The smallest absolute Gasteiger partial charge is 0.251 e. The van der Waals surface area contributed by atoms with Crippen LogP contribution in [-0.2, 0) is 16.6 Å². The van der Waals surface area contributed by atoms with Crippen molar-refractivity contribution in [2.45, 2.75) is 11.4 Å². The minimum absolute atomic E-state index is 0.0772. The van der Waals surface area contributed by atoms with E-state index in [4.69, 9.17) is 4.42 Å². The number of furan rings is 1. The molecule has 1 N–H and O–H groups in total. The number of piperazine rings is 1. The van der Waals surface area contributed by atoms with Gasteiger partial charge in [-0.15, -0.1) is 0 Å². The van der Waals surface area contributed by atoms with Gasteiger partial charge in [0.25, 0.3) is 5.91 Å². The fourth-order valence-corrected chi connectivity index (χ4v) is 4.94. The van der Waals surface area contributed by atoms with Crippen LogP contribution in [0.4, 0.5) is 10.1 Å². The van der Waals surface area contributed by atoms with Gasteiger partial charge in [0, 0.05) is 37.4 Å². The van der Waals surface area contributed by atoms with Crippen LogP contribution in [0.5, 0.6) is 0 Å². The van der Waals surface area contributed by atoms with Crippen LogP contribution < -0.4 is 10.2 Å². The van der Waals surface area contributed by atoms with Gasteiger partial charge in [-0.1, -0.05) is 6.07 Å². The third-order valence-electron chi connectivity index (χ3n) is 5.17. The molecule has 2 heterocycles. The van der Waals surface area contributed by atoms with Gasteiger partial charge in [0.05, 0.1) is 17.7 Å². The van der Waals surface area contributed by atoms with Crippen molar-refractivity contribution in [1.29, 1.82) is 0 Å². The molecular formula is C22H22FN3O4S. The summed E-state index contributed by atoms with van der Waals surface area (Å²) in [7, 11) is -3.74. The minimum Gasteiger partial charge on any atom is -0.467 e. The number of nitrogens with zero attached hydrogens (tertiary/aromatic N) is 2. The van der Waals surface area contributed by atoms with Crippen LogP contribution in [0.1, 0.15) is 16.1 Å². The lowest BCUT2D eigenvalue weighted by Gasteiger charge is -2.35. The zero-order chi connectivity index (χ0) is 21.8. The second-order valence-corrected chi connectivity index (χ2v) is 9.10. The Morgan fingerprint density at radius 2 is 1.74 bits per heavy atom. The van der Waals surface area contributed by atoms with E-state index >= 15 is 0 Å². The van der Waals surface area contributed by atoms with Crippen molar-refractivity contribution in [3.63, 3.8) is 0 Å². The fraction of sp³-hybridized carbons (Fsp3) is 0.227. The molecule has 2 aromatic carbocycles. The number of sulfonamides is 1. The first-order chi connectivity index (χ1) is 14.9. The molecule has 0 bridgehead atoms. The van der Waals surface area contributed by atoms with E-state index < -0.39 is 10.0 Å². The molecule has 31 heavy (non-hydrogen) atoms. The molecule has 1 fully saturated rings. The van der Waals surface area contributed by atoms with Crippen LogP contribution >= 0.6 is 0 Å². The monoisotopic (exact) mass is 443 g/mol. The summed E-state index contributed by atoms with van der Waals surface area (Å²) in [5, 5.41) is 2.71. The molecule has 0 saturated carbocycles. The van der Waals surface area contributed by atoms with Crippen molar-refractivity contribution in [2.75, 3.05) is 31.1 Å². The van der Waals surface area contributed by atoms with E-state index in [1.54, 1.807) is 36.4 Å². The Bertz CT molecular complexity index is 1140. The molecule has 4 rings (SSSR count). The van der Waals surface area contributed by atoms with Crippen LogP contribution in [0, 0.1) is 5.82 Å². The number of carbonyl (C=O) groups is 1. The lowest BCUT2D eigenvalue weighted by Crippen LogP contribution is -2.48. The maximum absolute atomic E-state index is 13.1. The molecule has 0 spiro atoms. The predicted octanol–water partition coefficient (Wildman–Crippen LogP) is 2.86. The fourth-order valence-electron chi connectivity index (χ4n) is 3.47. The highest BCUT2D eigenvalue weighted by molar-refractivity contribution is 7.89. The van der Waals surface area contributed by atoms with Crippen molar-refractivity contribution in [1.82, 2.24) is 9.62 Å². The Morgan fingerprint density at radius 3 is 2.42 bits per heavy atom. The van der Waals surface area contributed by atoms with E-state index in [9.17, 15) is 17.6 Å². The first kappa shape index (κ1) is 21.1. The predicted molar refractivity (Wildman–Crippen MR) is 114 cm³/mol. The lowest BCUT2D eigenvalue weighted by atomic mass is 10.2. The third-order valence-corrected chi connectivity index (χ3v) is 7.06. The molecule has 1 aliphatic heterocycles. The molecule has 3 aromatic rings. The van der Waals surface area contributed by atoms with Gasteiger partial charge < -0.3 is 14.6 Å². The molecule has 9 heteroatoms. The molecule has 1 amide bonds. The summed E-state index contributed by atoms with van der Waals surface area (Å²) in [6.45, 7) is 1.81. The standard InChI is InChI=1S/C22H22FN3O4S/c23-18-6-8-19(9-7-18)25-10-12-26(13-11-25)31(28,29)21-5-1-3-17(15-21)22(27)24-16-20-4-2-14-30-20/h1-9,14-15H,10-13,16H2,(H,24,27). The van der Waals surface area contributed by atoms with E-state index in [0.29, 0.717) is 31.9 Å². The van der Waals surface area contributed by atoms with Gasteiger partial charge in [-0.2, -0.15) is 4.31 Å². The van der Waals surface area contributed by atoms with E-state index in [-0.39, 0.29) is 28.7 Å². The van der Waals surface area contributed by atoms with Gasteiger partial charge in [-0.25, -0.2) is 12.8 Å². The van der Waals surface area contributed by atoms with Crippen LogP contribution in [0.15, 0.2) is 76.2 Å². The zero-order valence-corrected chi connectivity index (χ0v) is 17.5. The summed E-state index contributed by atoms with van der Waals surface area (Å²) < 4.78 is 45.9. The van der Waals surface area contributed by atoms with E-state index in [0.717, 1.165) is 5.69 Å². The maximum atomic E-state index is 13.1. The first-order valence-corrected chi connectivity index (χ1v) is 11.3. The highest BCUT2D eigenvalue weighted by atomic mass is 32.2. The molecule has 0 radical (unpaired) electrons. The molecular weight excluding hydrogens is 421 g/mol. The number of hydrogen-bond acceptors (Lipinski definition) is 5. The van der Waals surface area contributed by atoms with Crippen LogP contribution in [0.25, 0.3) is 0 Å². The number of rotatable bonds is 6. The van der Waals surface area contributed by atoms with Crippen LogP contribution in [0.3, 0.4) is 0 Å². The topological polar surface area (TPSA) is 82.9 Å². The van der Waals surface area contributed by atoms with Crippen LogP contribution in [0.2, 0.25) is 0 Å². The van der Waals surface area contributed by atoms with E-state index in [1.807, 2.05) is 4.90 Å². The molecule has 7 nitrogen and oxygen atoms in total. The highest BCUT2D eigenvalue weighted by Gasteiger charge is 2.29. The number of benzene rings is 2. The first-order valence-electron chi connectivity index (χ1n) is 9.85. The second kappa shape index (κ2) is 8.91. The molecule has 0 atom stereocenters. The second-order valence-electron chi connectivity index (χ2n) is 7.16. The van der Waals surface area contributed by atoms with Gasteiger partial charge in [0.2, 0.25) is 10.0 Å². The average Bonchev–Trinajstić information content (AvgIpc) is 3.32. The van der Waals surface area contributed by atoms with Crippen molar-refractivity contribution < 1.29 is 22.0 Å². The van der Waals surface area contributed by atoms with Gasteiger partial charge in [0.1, 0.15) is 11.6 Å². The van der Waals surface area contributed by atoms with Crippen molar-refractivity contribution >= 4 is 21.6 Å². The van der Waals surface area contributed by atoms with Gasteiger partial charge in [-0.05, 0) is 54.6 Å². The summed E-state index contributed by atoms with van der Waals surface area (Å²) in [5.74, 6) is -0.0798. The number of halogens is 1. The lowest BCUT2D eigenvalue weighted by molar-refractivity contribution is 0.0948. The molecule has 1 saturated heterocycles. The van der Waals surface area contributed by atoms with Gasteiger partial charge in [-0.3, -0.25) is 4.79 Å². The van der Waals surface area contributed by atoms with E-state index in [2.05, 4.69) is 5.32 Å². The zero-order valence-electron chi connectivity index (χ0n) is 16.7. The SMILES string of the molecule is O=C(NCc1ccco1)c1cccc(S(=O)(=O)N2CCN(c3ccc(F)cc3)CC2)c1. The molecule has 1 aromatic heterocycles. The molecule has 162 valence electrons. The third kappa shape index (κ3) is 4.78. The Kier molecular flexibility index (Phi) is 6.06. The maximum Gasteiger partial charge on any atom is 0.251 e. The van der Waals surface area contributed by atoms with Crippen molar-refractivity contribution in [3.05, 3.63) is 84.1 Å². The Hall–Kier alpha value is -3.17. The van der Waals surface area contributed by atoms with Gasteiger partial charge in [0.15, 0.2) is 0 Å². The quantitative estimate of drug-likeness (QED) is 0.634. The number of carbonyl (C=O) groups excluding carboxylic acids is 1. The largest absolute Gasteiger partial charge is 0.467 e. The van der Waals surface area contributed by atoms with Crippen molar-refractivity contribution in [3.8, 4) is 0 Å². The van der Waals surface area contributed by atoms with Crippen LogP contribution in [-0.4, -0.2) is 44.8 Å². The summed E-state index contributed by atoms with van der Waals surface area (Å²) in [4.78, 5) is 14.5. The van der Waals surface area contributed by atoms with Crippen molar-refractivity contribution in [2.24, 2.45) is 0 Å². The van der Waals surface area contributed by atoms with Gasteiger partial charge >= 0.3 is 0 Å². The molecule has 0 unspecified atom stereocenters. The summed E-state index contributed by atoms with van der Waals surface area (Å²) >= 11 is 0. The van der Waals surface area contributed by atoms with E-state index in [1.165, 1.54) is 34.8 Å². The average molecular weight is 444 g/mol. The number of amides is 1. The Morgan fingerprint density at radius 1 is 1.00 bits per heavy atom.